The molecule has 0 spiro atoms. The summed E-state index contributed by atoms with van der Waals surface area (Å²) in [5.41, 5.74) is 2.01. The average Bonchev–Trinajstić information content (AvgIpc) is 2.77. The van der Waals surface area contributed by atoms with E-state index in [1.807, 2.05) is 60.7 Å². The van der Waals surface area contributed by atoms with Gasteiger partial charge in [-0.15, -0.1) is 0 Å². The average molecular weight is 410 g/mol. The highest BCUT2D eigenvalue weighted by molar-refractivity contribution is 7.89. The van der Waals surface area contributed by atoms with Gasteiger partial charge in [-0.2, -0.15) is 0 Å². The third-order valence-corrected chi connectivity index (χ3v) is 5.74. The fourth-order valence-electron chi connectivity index (χ4n) is 2.76. The lowest BCUT2D eigenvalue weighted by Crippen LogP contribution is -2.26. The molecule has 0 aromatic heterocycles. The Labute approximate surface area is 170 Å². The van der Waals surface area contributed by atoms with Crippen molar-refractivity contribution in [3.8, 4) is 5.75 Å². The molecule has 0 saturated heterocycles. The van der Waals surface area contributed by atoms with E-state index >= 15 is 0 Å². The summed E-state index contributed by atoms with van der Waals surface area (Å²) in [7, 11) is -2.49. The predicted octanol–water partition coefficient (Wildman–Crippen LogP) is 3.10. The zero-order valence-electron chi connectivity index (χ0n) is 16.0. The van der Waals surface area contributed by atoms with E-state index in [1.165, 1.54) is 25.3 Å². The number of rotatable bonds is 8. The van der Waals surface area contributed by atoms with E-state index in [-0.39, 0.29) is 28.7 Å². The standard InChI is InChI=1S/C22H22N2O4S/c1-28-20-13-12-19(22(25)23-15-17-8-4-2-5-9-17)14-21(20)29(26,27)24-16-18-10-6-3-7-11-18/h2-14,24H,15-16H2,1H3,(H,23,25). The minimum Gasteiger partial charge on any atom is -0.495 e. The number of carbonyl (C=O) groups excluding carboxylic acids is 1. The molecule has 0 radical (unpaired) electrons. The van der Waals surface area contributed by atoms with E-state index in [0.29, 0.717) is 6.54 Å². The molecule has 150 valence electrons. The first-order valence-corrected chi connectivity index (χ1v) is 10.5. The zero-order valence-corrected chi connectivity index (χ0v) is 16.8. The van der Waals surface area contributed by atoms with Crippen molar-refractivity contribution in [2.24, 2.45) is 0 Å². The highest BCUT2D eigenvalue weighted by atomic mass is 32.2. The van der Waals surface area contributed by atoms with E-state index in [4.69, 9.17) is 4.74 Å². The largest absolute Gasteiger partial charge is 0.495 e. The van der Waals surface area contributed by atoms with Crippen LogP contribution in [0.25, 0.3) is 0 Å². The number of hydrogen-bond acceptors (Lipinski definition) is 4. The van der Waals surface area contributed by atoms with E-state index in [2.05, 4.69) is 10.0 Å². The Morgan fingerprint density at radius 2 is 1.45 bits per heavy atom. The van der Waals surface area contributed by atoms with Crippen molar-refractivity contribution >= 4 is 15.9 Å². The van der Waals surface area contributed by atoms with Gasteiger partial charge in [0.15, 0.2) is 0 Å². The minimum atomic E-state index is -3.88. The summed E-state index contributed by atoms with van der Waals surface area (Å²) >= 11 is 0. The summed E-state index contributed by atoms with van der Waals surface area (Å²) in [6, 6.07) is 23.0. The van der Waals surface area contributed by atoms with Crippen LogP contribution in [0.15, 0.2) is 83.8 Å². The van der Waals surface area contributed by atoms with Gasteiger partial charge >= 0.3 is 0 Å². The number of methoxy groups -OCH3 is 1. The predicted molar refractivity (Wildman–Crippen MR) is 111 cm³/mol. The van der Waals surface area contributed by atoms with Crippen LogP contribution in [0.4, 0.5) is 0 Å². The summed E-state index contributed by atoms with van der Waals surface area (Å²) in [5.74, 6) is -0.193. The van der Waals surface area contributed by atoms with Gasteiger partial charge in [0.05, 0.1) is 7.11 Å². The monoisotopic (exact) mass is 410 g/mol. The van der Waals surface area contributed by atoms with Gasteiger partial charge in [0.1, 0.15) is 10.6 Å². The van der Waals surface area contributed by atoms with Gasteiger partial charge in [-0.05, 0) is 29.3 Å². The molecule has 29 heavy (non-hydrogen) atoms. The second kappa shape index (κ2) is 9.36. The molecule has 0 aliphatic carbocycles. The van der Waals surface area contributed by atoms with Gasteiger partial charge < -0.3 is 10.1 Å². The SMILES string of the molecule is COc1ccc(C(=O)NCc2ccccc2)cc1S(=O)(=O)NCc1ccccc1. The van der Waals surface area contributed by atoms with Gasteiger partial charge in [0.25, 0.3) is 5.91 Å². The van der Waals surface area contributed by atoms with Crippen LogP contribution < -0.4 is 14.8 Å². The normalized spacial score (nSPS) is 11.1. The van der Waals surface area contributed by atoms with Crippen molar-refractivity contribution in [3.05, 3.63) is 95.6 Å². The van der Waals surface area contributed by atoms with Gasteiger partial charge in [0.2, 0.25) is 10.0 Å². The Morgan fingerprint density at radius 3 is 2.03 bits per heavy atom. The number of hydrogen-bond donors (Lipinski definition) is 2. The highest BCUT2D eigenvalue weighted by Crippen LogP contribution is 2.25. The first-order valence-electron chi connectivity index (χ1n) is 9.03. The summed E-state index contributed by atoms with van der Waals surface area (Å²) < 4.78 is 33.4. The summed E-state index contributed by atoms with van der Waals surface area (Å²) in [6.45, 7) is 0.483. The third kappa shape index (κ3) is 5.43. The lowest BCUT2D eigenvalue weighted by Gasteiger charge is -2.13. The van der Waals surface area contributed by atoms with Crippen LogP contribution in [0, 0.1) is 0 Å². The van der Waals surface area contributed by atoms with E-state index < -0.39 is 10.0 Å². The highest BCUT2D eigenvalue weighted by Gasteiger charge is 2.21. The molecule has 2 N–H and O–H groups in total. The lowest BCUT2D eigenvalue weighted by molar-refractivity contribution is 0.0950. The summed E-state index contributed by atoms with van der Waals surface area (Å²) in [6.07, 6.45) is 0. The van der Waals surface area contributed by atoms with Crippen LogP contribution in [0.1, 0.15) is 21.5 Å². The second-order valence-corrected chi connectivity index (χ2v) is 8.08. The molecular formula is C22H22N2O4S. The number of nitrogens with one attached hydrogen (secondary N) is 2. The molecular weight excluding hydrogens is 388 g/mol. The number of amides is 1. The van der Waals surface area contributed by atoms with Crippen LogP contribution in [-0.2, 0) is 23.1 Å². The molecule has 7 heteroatoms. The summed E-state index contributed by atoms with van der Waals surface area (Å²) in [4.78, 5) is 12.4. The van der Waals surface area contributed by atoms with Crippen molar-refractivity contribution in [2.75, 3.05) is 7.11 Å². The summed E-state index contributed by atoms with van der Waals surface area (Å²) in [5, 5.41) is 2.79. The van der Waals surface area contributed by atoms with Crippen molar-refractivity contribution in [3.63, 3.8) is 0 Å². The van der Waals surface area contributed by atoms with Crippen LogP contribution in [0.3, 0.4) is 0 Å². The number of sulfonamides is 1. The smallest absolute Gasteiger partial charge is 0.251 e. The zero-order chi connectivity index (χ0) is 20.7. The topological polar surface area (TPSA) is 84.5 Å². The van der Waals surface area contributed by atoms with Gasteiger partial charge in [-0.1, -0.05) is 60.7 Å². The quantitative estimate of drug-likeness (QED) is 0.598. The lowest BCUT2D eigenvalue weighted by atomic mass is 10.2. The Balaban J connectivity index is 1.77. The van der Waals surface area contributed by atoms with Crippen LogP contribution in [0.2, 0.25) is 0 Å². The molecule has 0 atom stereocenters. The minimum absolute atomic E-state index is 0.0803. The molecule has 0 unspecified atom stereocenters. The molecule has 0 heterocycles. The van der Waals surface area contributed by atoms with Gasteiger partial charge in [-0.25, -0.2) is 13.1 Å². The van der Waals surface area contributed by atoms with E-state index in [0.717, 1.165) is 11.1 Å². The molecule has 3 aromatic carbocycles. The molecule has 3 aromatic rings. The van der Waals surface area contributed by atoms with Gasteiger partial charge in [0, 0.05) is 18.7 Å². The Hall–Kier alpha value is -3.16. The second-order valence-electron chi connectivity index (χ2n) is 6.34. The Bertz CT molecular complexity index is 1070. The number of carbonyl (C=O) groups is 1. The molecule has 0 aliphatic heterocycles. The van der Waals surface area contributed by atoms with Crippen molar-refractivity contribution in [1.82, 2.24) is 10.0 Å². The molecule has 3 rings (SSSR count). The molecule has 0 fully saturated rings. The maximum Gasteiger partial charge on any atom is 0.251 e. The van der Waals surface area contributed by atoms with Crippen molar-refractivity contribution < 1.29 is 17.9 Å². The third-order valence-electron chi connectivity index (χ3n) is 4.32. The fourth-order valence-corrected chi connectivity index (χ4v) is 3.97. The van der Waals surface area contributed by atoms with Crippen molar-refractivity contribution in [1.29, 1.82) is 0 Å². The van der Waals surface area contributed by atoms with E-state index in [9.17, 15) is 13.2 Å². The first-order chi connectivity index (χ1) is 14.0. The Morgan fingerprint density at radius 1 is 0.862 bits per heavy atom. The molecule has 1 amide bonds. The van der Waals surface area contributed by atoms with Crippen LogP contribution >= 0.6 is 0 Å². The first kappa shape index (κ1) is 20.6. The van der Waals surface area contributed by atoms with Crippen LogP contribution in [0.5, 0.6) is 5.75 Å². The fraction of sp³-hybridized carbons (Fsp3) is 0.136. The molecule has 0 aliphatic rings. The number of ether oxygens (including phenoxy) is 1. The van der Waals surface area contributed by atoms with Crippen molar-refractivity contribution in [2.45, 2.75) is 18.0 Å². The van der Waals surface area contributed by atoms with Gasteiger partial charge in [-0.3, -0.25) is 4.79 Å². The molecule has 0 bridgehead atoms. The number of benzene rings is 3. The maximum absolute atomic E-state index is 12.8. The van der Waals surface area contributed by atoms with E-state index in [1.54, 1.807) is 0 Å². The Kier molecular flexibility index (Phi) is 6.64. The molecule has 0 saturated carbocycles. The maximum atomic E-state index is 12.8. The molecule has 6 nitrogen and oxygen atoms in total. The van der Waals surface area contributed by atoms with Crippen LogP contribution in [-0.4, -0.2) is 21.4 Å².